The van der Waals surface area contributed by atoms with E-state index in [0.29, 0.717) is 0 Å². The number of carbonyl (C=O) groups is 1. The van der Waals surface area contributed by atoms with Crippen molar-refractivity contribution in [2.75, 3.05) is 0 Å². The third-order valence-corrected chi connectivity index (χ3v) is 1.58. The molecule has 0 bridgehead atoms. The topological polar surface area (TPSA) is 17.1 Å². The van der Waals surface area contributed by atoms with Gasteiger partial charge in [0.15, 0.2) is 0 Å². The second-order valence-electron chi connectivity index (χ2n) is 3.57. The molecular weight excluding hydrogens is 148 g/mol. The van der Waals surface area contributed by atoms with Crippen LogP contribution in [-0.4, -0.2) is 6.29 Å². The first-order chi connectivity index (χ1) is 5.52. The molecule has 12 heavy (non-hydrogen) atoms. The van der Waals surface area contributed by atoms with E-state index in [9.17, 15) is 4.79 Å². The molecule has 0 N–H and O–H groups in total. The van der Waals surface area contributed by atoms with Gasteiger partial charge in [-0.25, -0.2) is 0 Å². The SMILES string of the molecule is CC#C/C(C)=C/CC(C)(C)C=O. The van der Waals surface area contributed by atoms with Crippen LogP contribution in [0.25, 0.3) is 0 Å². The highest BCUT2D eigenvalue weighted by molar-refractivity contribution is 5.58. The maximum atomic E-state index is 10.5. The van der Waals surface area contributed by atoms with Gasteiger partial charge < -0.3 is 4.79 Å². The first-order valence-electron chi connectivity index (χ1n) is 4.07. The van der Waals surface area contributed by atoms with Crippen molar-refractivity contribution >= 4 is 6.29 Å². The molecule has 0 radical (unpaired) electrons. The summed E-state index contributed by atoms with van der Waals surface area (Å²) in [5.41, 5.74) is 0.781. The van der Waals surface area contributed by atoms with Crippen LogP contribution in [0.4, 0.5) is 0 Å². The Labute approximate surface area is 74.9 Å². The Bertz CT molecular complexity index is 235. The fourth-order valence-corrected chi connectivity index (χ4v) is 0.712. The van der Waals surface area contributed by atoms with Crippen LogP contribution in [0.15, 0.2) is 11.6 Å². The summed E-state index contributed by atoms with van der Waals surface area (Å²) in [7, 11) is 0. The van der Waals surface area contributed by atoms with E-state index in [4.69, 9.17) is 0 Å². The van der Waals surface area contributed by atoms with Gasteiger partial charge in [-0.3, -0.25) is 0 Å². The Kier molecular flexibility index (Phi) is 4.36. The van der Waals surface area contributed by atoms with Gasteiger partial charge in [0.1, 0.15) is 6.29 Å². The molecule has 0 aromatic heterocycles. The summed E-state index contributed by atoms with van der Waals surface area (Å²) in [5, 5.41) is 0. The fourth-order valence-electron chi connectivity index (χ4n) is 0.712. The Hall–Kier alpha value is -1.03. The molecular formula is C11H16O. The molecule has 0 aliphatic rings. The van der Waals surface area contributed by atoms with Gasteiger partial charge in [0.05, 0.1) is 0 Å². The van der Waals surface area contributed by atoms with Crippen molar-refractivity contribution in [3.8, 4) is 11.8 Å². The Morgan fingerprint density at radius 2 is 2.08 bits per heavy atom. The average molecular weight is 164 g/mol. The van der Waals surface area contributed by atoms with E-state index in [0.717, 1.165) is 18.3 Å². The highest BCUT2D eigenvalue weighted by atomic mass is 16.1. The zero-order valence-electron chi connectivity index (χ0n) is 8.27. The van der Waals surface area contributed by atoms with Crippen LogP contribution < -0.4 is 0 Å². The van der Waals surface area contributed by atoms with E-state index in [1.807, 2.05) is 33.8 Å². The summed E-state index contributed by atoms with van der Waals surface area (Å²) in [5.74, 6) is 5.75. The molecule has 0 spiro atoms. The van der Waals surface area contributed by atoms with E-state index < -0.39 is 0 Å². The number of allylic oxidation sites excluding steroid dienone is 2. The van der Waals surface area contributed by atoms with Crippen LogP contribution >= 0.6 is 0 Å². The maximum Gasteiger partial charge on any atom is 0.125 e. The van der Waals surface area contributed by atoms with E-state index in [1.54, 1.807) is 0 Å². The van der Waals surface area contributed by atoms with E-state index >= 15 is 0 Å². The first kappa shape index (κ1) is 11.0. The number of hydrogen-bond acceptors (Lipinski definition) is 1. The molecule has 1 heteroatoms. The minimum atomic E-state index is -0.253. The summed E-state index contributed by atoms with van der Waals surface area (Å²) < 4.78 is 0. The van der Waals surface area contributed by atoms with Crippen molar-refractivity contribution < 1.29 is 4.79 Å². The second-order valence-corrected chi connectivity index (χ2v) is 3.57. The minimum Gasteiger partial charge on any atom is -0.303 e. The Balaban J connectivity index is 4.18. The average Bonchev–Trinajstić information content (AvgIpc) is 2.02. The van der Waals surface area contributed by atoms with Crippen molar-refractivity contribution in [1.82, 2.24) is 0 Å². The van der Waals surface area contributed by atoms with E-state index in [1.165, 1.54) is 0 Å². The fraction of sp³-hybridized carbons (Fsp3) is 0.545. The molecule has 1 nitrogen and oxygen atoms in total. The van der Waals surface area contributed by atoms with Crippen molar-refractivity contribution in [2.24, 2.45) is 5.41 Å². The Morgan fingerprint density at radius 3 is 2.50 bits per heavy atom. The molecule has 0 saturated heterocycles. The molecule has 0 aromatic carbocycles. The molecule has 0 heterocycles. The van der Waals surface area contributed by atoms with Gasteiger partial charge in [0.25, 0.3) is 0 Å². The van der Waals surface area contributed by atoms with Gasteiger partial charge in [-0.05, 0) is 25.8 Å². The van der Waals surface area contributed by atoms with Crippen LogP contribution in [-0.2, 0) is 4.79 Å². The van der Waals surface area contributed by atoms with Crippen molar-refractivity contribution in [3.05, 3.63) is 11.6 Å². The smallest absolute Gasteiger partial charge is 0.125 e. The van der Waals surface area contributed by atoms with Crippen LogP contribution in [0.5, 0.6) is 0 Å². The lowest BCUT2D eigenvalue weighted by molar-refractivity contribution is -0.114. The quantitative estimate of drug-likeness (QED) is 0.463. The van der Waals surface area contributed by atoms with Crippen molar-refractivity contribution in [1.29, 1.82) is 0 Å². The van der Waals surface area contributed by atoms with Crippen molar-refractivity contribution in [3.63, 3.8) is 0 Å². The summed E-state index contributed by atoms with van der Waals surface area (Å²) in [6, 6.07) is 0. The number of aldehydes is 1. The second kappa shape index (κ2) is 4.77. The largest absolute Gasteiger partial charge is 0.303 e. The lowest BCUT2D eigenvalue weighted by atomic mass is 9.90. The molecule has 0 aromatic rings. The predicted octanol–water partition coefficient (Wildman–Crippen LogP) is 2.57. The molecule has 0 atom stereocenters. The van der Waals surface area contributed by atoms with Gasteiger partial charge in [-0.15, -0.1) is 5.92 Å². The molecule has 0 saturated carbocycles. The molecule has 0 fully saturated rings. The zero-order chi connectivity index (χ0) is 9.61. The summed E-state index contributed by atoms with van der Waals surface area (Å²) in [6.07, 6.45) is 3.75. The third kappa shape index (κ3) is 4.73. The summed E-state index contributed by atoms with van der Waals surface area (Å²) in [4.78, 5) is 10.5. The van der Waals surface area contributed by atoms with Gasteiger partial charge in [-0.1, -0.05) is 25.8 Å². The summed E-state index contributed by atoms with van der Waals surface area (Å²) in [6.45, 7) is 7.60. The standard InChI is InChI=1S/C11H16O/c1-5-6-10(2)7-8-11(3,4)9-12/h7,9H,8H2,1-4H3/b10-7+. The van der Waals surface area contributed by atoms with Gasteiger partial charge in [-0.2, -0.15) is 0 Å². The minimum absolute atomic E-state index is 0.253. The summed E-state index contributed by atoms with van der Waals surface area (Å²) >= 11 is 0. The van der Waals surface area contributed by atoms with Gasteiger partial charge in [0, 0.05) is 5.41 Å². The van der Waals surface area contributed by atoms with Crippen LogP contribution in [0.2, 0.25) is 0 Å². The maximum absolute atomic E-state index is 10.5. The van der Waals surface area contributed by atoms with E-state index in [2.05, 4.69) is 11.8 Å². The number of carbonyl (C=O) groups excluding carboxylic acids is 1. The normalized spacial score (nSPS) is 11.8. The van der Waals surface area contributed by atoms with Crippen LogP contribution in [0, 0.1) is 17.3 Å². The third-order valence-electron chi connectivity index (χ3n) is 1.58. The van der Waals surface area contributed by atoms with E-state index in [-0.39, 0.29) is 5.41 Å². The van der Waals surface area contributed by atoms with Crippen LogP contribution in [0.3, 0.4) is 0 Å². The van der Waals surface area contributed by atoms with Crippen molar-refractivity contribution in [2.45, 2.75) is 34.1 Å². The van der Waals surface area contributed by atoms with Gasteiger partial charge in [0.2, 0.25) is 0 Å². The van der Waals surface area contributed by atoms with Gasteiger partial charge >= 0.3 is 0 Å². The molecule has 0 amide bonds. The van der Waals surface area contributed by atoms with Crippen LogP contribution in [0.1, 0.15) is 34.1 Å². The highest BCUT2D eigenvalue weighted by Crippen LogP contribution is 2.17. The lowest BCUT2D eigenvalue weighted by Crippen LogP contribution is -2.11. The first-order valence-corrected chi connectivity index (χ1v) is 4.07. The molecule has 0 unspecified atom stereocenters. The predicted molar refractivity (Wildman–Crippen MR) is 51.7 cm³/mol. The molecule has 66 valence electrons. The number of rotatable bonds is 3. The lowest BCUT2D eigenvalue weighted by Gasteiger charge is -2.12. The molecule has 0 rings (SSSR count). The molecule has 0 aliphatic carbocycles. The molecule has 0 aliphatic heterocycles. The Morgan fingerprint density at radius 1 is 1.50 bits per heavy atom. The monoisotopic (exact) mass is 164 g/mol. The number of hydrogen-bond donors (Lipinski definition) is 0. The highest BCUT2D eigenvalue weighted by Gasteiger charge is 2.13. The zero-order valence-corrected chi connectivity index (χ0v) is 8.27.